The van der Waals surface area contributed by atoms with Gasteiger partial charge in [0.2, 0.25) is 0 Å². The number of ether oxygens (including phenoxy) is 2. The van der Waals surface area contributed by atoms with E-state index < -0.39 is 8.32 Å². The van der Waals surface area contributed by atoms with E-state index in [1.165, 1.54) is 38.2 Å². The molecule has 0 aromatic rings. The number of carbonyl (C=O) groups is 1. The SMILES string of the molecule is C[C@@H]1CCCCCCCC[C@H](O[Si](C)(C)C(C)(C)C)[C@H]2O[C@H]2/C=C/C(=O)O1. The van der Waals surface area contributed by atoms with Crippen LogP contribution < -0.4 is 0 Å². The minimum atomic E-state index is -1.85. The summed E-state index contributed by atoms with van der Waals surface area (Å²) in [7, 11) is -1.85. The van der Waals surface area contributed by atoms with Crippen LogP contribution in [0.4, 0.5) is 0 Å². The molecule has 2 rings (SSSR count). The van der Waals surface area contributed by atoms with E-state index in [2.05, 4.69) is 33.9 Å². The van der Waals surface area contributed by atoms with E-state index in [9.17, 15) is 4.79 Å². The molecular weight excluding hydrogens is 356 g/mol. The van der Waals surface area contributed by atoms with Gasteiger partial charge in [-0.25, -0.2) is 4.79 Å². The Labute approximate surface area is 167 Å². The molecule has 0 aromatic carbocycles. The number of fused-ring (bicyclic) bond motifs is 1. The maximum Gasteiger partial charge on any atom is 0.330 e. The maximum absolute atomic E-state index is 12.0. The Morgan fingerprint density at radius 1 is 1.04 bits per heavy atom. The van der Waals surface area contributed by atoms with Gasteiger partial charge >= 0.3 is 5.97 Å². The fourth-order valence-electron chi connectivity index (χ4n) is 3.39. The van der Waals surface area contributed by atoms with E-state index in [0.29, 0.717) is 0 Å². The summed E-state index contributed by atoms with van der Waals surface area (Å²) in [6.45, 7) is 13.4. The van der Waals surface area contributed by atoms with Crippen LogP contribution in [0.3, 0.4) is 0 Å². The fourth-order valence-corrected chi connectivity index (χ4v) is 4.75. The topological polar surface area (TPSA) is 48.1 Å². The average Bonchev–Trinajstić information content (AvgIpc) is 3.31. The highest BCUT2D eigenvalue weighted by molar-refractivity contribution is 6.74. The van der Waals surface area contributed by atoms with E-state index in [0.717, 1.165) is 19.3 Å². The monoisotopic (exact) mass is 396 g/mol. The summed E-state index contributed by atoms with van der Waals surface area (Å²) >= 11 is 0. The summed E-state index contributed by atoms with van der Waals surface area (Å²) in [5.41, 5.74) is 0. The van der Waals surface area contributed by atoms with Crippen LogP contribution in [0.5, 0.6) is 0 Å². The number of cyclic esters (lactones) is 1. The van der Waals surface area contributed by atoms with Crippen molar-refractivity contribution in [2.24, 2.45) is 0 Å². The van der Waals surface area contributed by atoms with Crippen LogP contribution in [0.1, 0.15) is 79.1 Å². The summed E-state index contributed by atoms with van der Waals surface area (Å²) in [6, 6.07) is 0. The normalized spacial score (nSPS) is 33.0. The Kier molecular flexibility index (Phi) is 8.14. The summed E-state index contributed by atoms with van der Waals surface area (Å²) in [5, 5.41) is 0.183. The molecule has 1 saturated heterocycles. The standard InChI is InChI=1S/C22H40O4Si/c1-17-13-11-9-7-8-10-12-14-19(26-27(5,6)22(2,3)4)21-18(25-21)15-16-20(23)24-17/h15-19,21H,7-14H2,1-6H3/b16-15+/t17-,18+,19+,21+/m1/s1. The molecule has 0 N–H and O–H groups in total. The number of rotatable bonds is 2. The lowest BCUT2D eigenvalue weighted by molar-refractivity contribution is -0.142. The Morgan fingerprint density at radius 2 is 1.63 bits per heavy atom. The first kappa shape index (κ1) is 22.6. The largest absolute Gasteiger partial charge is 0.460 e. The number of hydrogen-bond donors (Lipinski definition) is 0. The van der Waals surface area contributed by atoms with Crippen molar-refractivity contribution in [1.82, 2.24) is 0 Å². The highest BCUT2D eigenvalue weighted by atomic mass is 28.4. The van der Waals surface area contributed by atoms with E-state index in [-0.39, 0.29) is 35.4 Å². The molecule has 2 aliphatic heterocycles. The molecule has 0 aliphatic carbocycles. The minimum Gasteiger partial charge on any atom is -0.460 e. The average molecular weight is 397 g/mol. The van der Waals surface area contributed by atoms with Crippen LogP contribution in [-0.4, -0.2) is 38.7 Å². The van der Waals surface area contributed by atoms with Crippen molar-refractivity contribution in [2.45, 2.75) is 122 Å². The molecule has 0 radical (unpaired) electrons. The van der Waals surface area contributed by atoms with E-state index in [1.807, 2.05) is 13.0 Å². The molecule has 1 fully saturated rings. The third-order valence-electron chi connectivity index (χ3n) is 6.27. The van der Waals surface area contributed by atoms with Crippen molar-refractivity contribution in [3.63, 3.8) is 0 Å². The smallest absolute Gasteiger partial charge is 0.330 e. The van der Waals surface area contributed by atoms with Crippen LogP contribution in [0.15, 0.2) is 12.2 Å². The predicted molar refractivity (Wildman–Crippen MR) is 112 cm³/mol. The van der Waals surface area contributed by atoms with Crippen molar-refractivity contribution < 1.29 is 18.7 Å². The van der Waals surface area contributed by atoms with Crippen molar-refractivity contribution in [1.29, 1.82) is 0 Å². The molecule has 5 heteroatoms. The molecular formula is C22H40O4Si. The Bertz CT molecular complexity index is 509. The molecule has 0 spiro atoms. The molecule has 0 amide bonds. The van der Waals surface area contributed by atoms with Crippen LogP contribution >= 0.6 is 0 Å². The molecule has 0 saturated carbocycles. The van der Waals surface area contributed by atoms with E-state index >= 15 is 0 Å². The molecule has 0 bridgehead atoms. The van der Waals surface area contributed by atoms with Gasteiger partial charge in [-0.15, -0.1) is 0 Å². The highest BCUT2D eigenvalue weighted by Crippen LogP contribution is 2.41. The van der Waals surface area contributed by atoms with Crippen molar-refractivity contribution in [2.75, 3.05) is 0 Å². The quantitative estimate of drug-likeness (QED) is 0.338. The maximum atomic E-state index is 12.0. The van der Waals surface area contributed by atoms with Gasteiger partial charge in [-0.2, -0.15) is 0 Å². The highest BCUT2D eigenvalue weighted by Gasteiger charge is 2.48. The fraction of sp³-hybridized carbons (Fsp3) is 0.864. The Hall–Kier alpha value is -0.653. The number of esters is 1. The van der Waals surface area contributed by atoms with E-state index in [1.54, 1.807) is 0 Å². The van der Waals surface area contributed by atoms with Crippen molar-refractivity contribution in [3.05, 3.63) is 12.2 Å². The summed E-state index contributed by atoms with van der Waals surface area (Å²) in [6.07, 6.45) is 12.9. The van der Waals surface area contributed by atoms with Gasteiger partial charge in [0.05, 0.1) is 12.2 Å². The van der Waals surface area contributed by atoms with Gasteiger partial charge in [-0.3, -0.25) is 0 Å². The first-order chi connectivity index (χ1) is 12.6. The van der Waals surface area contributed by atoms with Gasteiger partial charge in [0.15, 0.2) is 8.32 Å². The van der Waals surface area contributed by atoms with Crippen LogP contribution in [0, 0.1) is 0 Å². The Morgan fingerprint density at radius 3 is 2.26 bits per heavy atom. The van der Waals surface area contributed by atoms with Gasteiger partial charge < -0.3 is 13.9 Å². The second-order valence-electron chi connectivity index (χ2n) is 9.79. The third kappa shape index (κ3) is 7.35. The summed E-state index contributed by atoms with van der Waals surface area (Å²) in [5.74, 6) is -0.259. The number of carbonyl (C=O) groups excluding carboxylic acids is 1. The molecule has 0 unspecified atom stereocenters. The van der Waals surface area contributed by atoms with Crippen molar-refractivity contribution in [3.8, 4) is 0 Å². The lowest BCUT2D eigenvalue weighted by Gasteiger charge is -2.39. The summed E-state index contributed by atoms with van der Waals surface area (Å²) in [4.78, 5) is 12.0. The first-order valence-corrected chi connectivity index (χ1v) is 13.7. The molecule has 2 aliphatic rings. The second kappa shape index (κ2) is 9.70. The van der Waals surface area contributed by atoms with Gasteiger partial charge in [-0.05, 0) is 50.4 Å². The zero-order valence-corrected chi connectivity index (χ0v) is 19.3. The lowest BCUT2D eigenvalue weighted by atomic mass is 10.0. The number of hydrogen-bond acceptors (Lipinski definition) is 4. The molecule has 4 atom stereocenters. The van der Waals surface area contributed by atoms with Gasteiger partial charge in [0.25, 0.3) is 0 Å². The summed E-state index contributed by atoms with van der Waals surface area (Å²) < 4.78 is 18.1. The Balaban J connectivity index is 2.02. The minimum absolute atomic E-state index is 0.0133. The second-order valence-corrected chi connectivity index (χ2v) is 14.5. The van der Waals surface area contributed by atoms with Gasteiger partial charge in [-0.1, -0.05) is 52.9 Å². The third-order valence-corrected chi connectivity index (χ3v) is 10.8. The molecule has 27 heavy (non-hydrogen) atoms. The molecule has 2 heterocycles. The van der Waals surface area contributed by atoms with Gasteiger partial charge in [0.1, 0.15) is 12.2 Å². The van der Waals surface area contributed by atoms with Crippen LogP contribution in [0.25, 0.3) is 0 Å². The lowest BCUT2D eigenvalue weighted by Crippen LogP contribution is -2.45. The van der Waals surface area contributed by atoms with Crippen LogP contribution in [-0.2, 0) is 18.7 Å². The zero-order chi connectivity index (χ0) is 20.1. The number of epoxide rings is 1. The van der Waals surface area contributed by atoms with Crippen molar-refractivity contribution >= 4 is 14.3 Å². The predicted octanol–water partition coefficient (Wildman–Crippen LogP) is 5.77. The van der Waals surface area contributed by atoms with E-state index in [4.69, 9.17) is 13.9 Å². The van der Waals surface area contributed by atoms with Crippen LogP contribution in [0.2, 0.25) is 18.1 Å². The molecule has 156 valence electrons. The zero-order valence-electron chi connectivity index (χ0n) is 18.3. The van der Waals surface area contributed by atoms with Gasteiger partial charge in [0, 0.05) is 6.08 Å². The molecule has 0 aromatic heterocycles. The first-order valence-electron chi connectivity index (χ1n) is 10.8. The molecule has 4 nitrogen and oxygen atoms in total.